The SMILES string of the molecule is CCC.COC(=O)NCC(=O)N1CCCC1c1ncc(-c2ccc(B3OC(C)(C)C(C)(C)O3)cc2)[nH]1. The smallest absolute Gasteiger partial charge is 0.453 e. The quantitative estimate of drug-likeness (QED) is 0.608. The van der Waals surface area contributed by atoms with Crippen LogP contribution < -0.4 is 10.8 Å². The molecule has 0 spiro atoms. The molecule has 36 heavy (non-hydrogen) atoms. The van der Waals surface area contributed by atoms with Crippen LogP contribution in [0.1, 0.15) is 72.7 Å². The van der Waals surface area contributed by atoms with Crippen molar-refractivity contribution in [2.45, 2.75) is 78.0 Å². The number of ether oxygens (including phenoxy) is 1. The Bertz CT molecular complexity index is 1020. The summed E-state index contributed by atoms with van der Waals surface area (Å²) in [5, 5.41) is 2.45. The predicted octanol–water partition coefficient (Wildman–Crippen LogP) is 3.81. The monoisotopic (exact) mass is 498 g/mol. The molecule has 0 bridgehead atoms. The lowest BCUT2D eigenvalue weighted by atomic mass is 9.79. The van der Waals surface area contributed by atoms with E-state index in [1.54, 1.807) is 11.1 Å². The third-order valence-electron chi connectivity index (χ3n) is 6.80. The average Bonchev–Trinajstić information content (AvgIpc) is 3.56. The number of amides is 2. The van der Waals surface area contributed by atoms with E-state index in [2.05, 4.69) is 33.9 Å². The molecule has 1 aromatic heterocycles. The van der Waals surface area contributed by atoms with Crippen LogP contribution >= 0.6 is 0 Å². The Balaban J connectivity index is 0.00000115. The lowest BCUT2D eigenvalue weighted by Gasteiger charge is -2.32. The van der Waals surface area contributed by atoms with Gasteiger partial charge in [-0.05, 0) is 51.6 Å². The van der Waals surface area contributed by atoms with Crippen LogP contribution in [0.15, 0.2) is 30.5 Å². The number of H-pyrrole nitrogens is 1. The number of nitrogens with zero attached hydrogens (tertiary/aromatic N) is 2. The lowest BCUT2D eigenvalue weighted by Crippen LogP contribution is -2.41. The minimum absolute atomic E-state index is 0.100. The molecular weight excluding hydrogens is 459 g/mol. The van der Waals surface area contributed by atoms with E-state index in [0.29, 0.717) is 6.54 Å². The Morgan fingerprint density at radius 1 is 1.17 bits per heavy atom. The number of aromatic nitrogens is 2. The summed E-state index contributed by atoms with van der Waals surface area (Å²) in [5.41, 5.74) is 2.05. The van der Waals surface area contributed by atoms with E-state index in [4.69, 9.17) is 9.31 Å². The highest BCUT2D eigenvalue weighted by Crippen LogP contribution is 2.36. The maximum atomic E-state index is 12.6. The molecule has 9 nitrogen and oxygen atoms in total. The van der Waals surface area contributed by atoms with Crippen LogP contribution in [0.2, 0.25) is 0 Å². The van der Waals surface area contributed by atoms with Gasteiger partial charge in [-0.2, -0.15) is 0 Å². The number of rotatable bonds is 5. The van der Waals surface area contributed by atoms with Gasteiger partial charge in [0.25, 0.3) is 0 Å². The molecule has 0 saturated carbocycles. The molecule has 2 amide bonds. The second-order valence-corrected chi connectivity index (χ2v) is 10.2. The number of alkyl carbamates (subject to hydrolysis) is 1. The van der Waals surface area contributed by atoms with Crippen LogP contribution in [0.25, 0.3) is 11.3 Å². The highest BCUT2D eigenvalue weighted by Gasteiger charge is 2.51. The highest BCUT2D eigenvalue weighted by molar-refractivity contribution is 6.62. The lowest BCUT2D eigenvalue weighted by molar-refractivity contribution is -0.131. The second kappa shape index (κ2) is 11.5. The first kappa shape index (κ1) is 27.7. The Labute approximate surface area is 214 Å². The van der Waals surface area contributed by atoms with Gasteiger partial charge in [0.05, 0.1) is 36.2 Å². The van der Waals surface area contributed by atoms with Crippen molar-refractivity contribution in [2.75, 3.05) is 20.2 Å². The largest absolute Gasteiger partial charge is 0.494 e. The standard InChI is InChI=1S/C23H31BN4O5.C3H8/c1-22(2)23(3,4)33-24(32-22)16-10-8-15(9-11-16)17-13-25-20(27-17)18-7-6-12-28(18)19(29)14-26-21(30)31-5;1-3-2/h8-11,13,18H,6-7,12,14H2,1-5H3,(H,25,27)(H,26,30);3H2,1-2H3. The highest BCUT2D eigenvalue weighted by atomic mass is 16.7. The minimum Gasteiger partial charge on any atom is -0.453 e. The number of nitrogens with one attached hydrogen (secondary N) is 2. The number of imidazole rings is 1. The van der Waals surface area contributed by atoms with E-state index >= 15 is 0 Å². The van der Waals surface area contributed by atoms with Crippen LogP contribution in [-0.4, -0.2) is 65.4 Å². The molecule has 2 aromatic rings. The van der Waals surface area contributed by atoms with E-state index in [0.717, 1.165) is 35.4 Å². The molecule has 4 rings (SSSR count). The molecule has 2 saturated heterocycles. The van der Waals surface area contributed by atoms with Gasteiger partial charge in [0.1, 0.15) is 12.4 Å². The van der Waals surface area contributed by atoms with Gasteiger partial charge in [0.2, 0.25) is 5.91 Å². The van der Waals surface area contributed by atoms with Crippen LogP contribution in [0.5, 0.6) is 0 Å². The van der Waals surface area contributed by atoms with Gasteiger partial charge in [-0.1, -0.05) is 44.5 Å². The van der Waals surface area contributed by atoms with Gasteiger partial charge in [-0.25, -0.2) is 9.78 Å². The first-order valence-electron chi connectivity index (χ1n) is 12.6. The first-order chi connectivity index (χ1) is 17.0. The summed E-state index contributed by atoms with van der Waals surface area (Å²) in [6.07, 6.45) is 4.11. The summed E-state index contributed by atoms with van der Waals surface area (Å²) in [6.45, 7) is 12.9. The Morgan fingerprint density at radius 2 is 1.78 bits per heavy atom. The number of benzene rings is 1. The molecule has 0 aliphatic carbocycles. The van der Waals surface area contributed by atoms with E-state index in [9.17, 15) is 9.59 Å². The Kier molecular flexibility index (Phi) is 8.84. The number of likely N-dealkylation sites (tertiary alicyclic amines) is 1. The molecular formula is C26H39BN4O5. The maximum Gasteiger partial charge on any atom is 0.494 e. The number of hydrogen-bond acceptors (Lipinski definition) is 6. The van der Waals surface area contributed by atoms with Crippen molar-refractivity contribution >= 4 is 24.6 Å². The summed E-state index contributed by atoms with van der Waals surface area (Å²) >= 11 is 0. The molecule has 3 heterocycles. The van der Waals surface area contributed by atoms with Gasteiger partial charge < -0.3 is 29.2 Å². The van der Waals surface area contributed by atoms with Gasteiger partial charge in [-0.15, -0.1) is 0 Å². The fraction of sp³-hybridized carbons (Fsp3) is 0.577. The minimum atomic E-state index is -0.622. The van der Waals surface area contributed by atoms with Crippen LogP contribution in [0, 0.1) is 0 Å². The molecule has 10 heteroatoms. The van der Waals surface area contributed by atoms with Gasteiger partial charge in [0, 0.05) is 6.54 Å². The molecule has 2 aliphatic rings. The van der Waals surface area contributed by atoms with Crippen molar-refractivity contribution in [2.24, 2.45) is 0 Å². The zero-order valence-electron chi connectivity index (χ0n) is 22.5. The van der Waals surface area contributed by atoms with E-state index in [1.165, 1.54) is 13.5 Å². The zero-order chi connectivity index (χ0) is 26.5. The summed E-state index contributed by atoms with van der Waals surface area (Å²) in [4.78, 5) is 33.5. The summed E-state index contributed by atoms with van der Waals surface area (Å²) in [6, 6.07) is 7.88. The summed E-state index contributed by atoms with van der Waals surface area (Å²) in [5.74, 6) is 0.580. The second-order valence-electron chi connectivity index (χ2n) is 10.2. The van der Waals surface area contributed by atoms with Crippen LogP contribution in [0.3, 0.4) is 0 Å². The van der Waals surface area contributed by atoms with Crippen molar-refractivity contribution in [1.29, 1.82) is 0 Å². The summed E-state index contributed by atoms with van der Waals surface area (Å²) < 4.78 is 16.8. The Hall–Kier alpha value is -2.85. The van der Waals surface area contributed by atoms with Gasteiger partial charge in [0.15, 0.2) is 0 Å². The van der Waals surface area contributed by atoms with Crippen molar-refractivity contribution in [3.63, 3.8) is 0 Å². The summed E-state index contributed by atoms with van der Waals surface area (Å²) in [7, 11) is 0.864. The average molecular weight is 498 g/mol. The van der Waals surface area contributed by atoms with E-state index in [-0.39, 0.29) is 29.7 Å². The van der Waals surface area contributed by atoms with E-state index < -0.39 is 13.2 Å². The van der Waals surface area contributed by atoms with Crippen molar-refractivity contribution < 1.29 is 23.6 Å². The number of carbonyl (C=O) groups is 2. The molecule has 1 atom stereocenters. The number of methoxy groups -OCH3 is 1. The topological polar surface area (TPSA) is 106 Å². The van der Waals surface area contributed by atoms with Crippen molar-refractivity contribution in [1.82, 2.24) is 20.2 Å². The molecule has 1 aromatic carbocycles. The van der Waals surface area contributed by atoms with Crippen molar-refractivity contribution in [3.8, 4) is 11.3 Å². The Morgan fingerprint density at radius 3 is 2.36 bits per heavy atom. The van der Waals surface area contributed by atoms with Crippen molar-refractivity contribution in [3.05, 3.63) is 36.3 Å². The molecule has 2 fully saturated rings. The molecule has 2 aliphatic heterocycles. The van der Waals surface area contributed by atoms with Gasteiger partial charge >= 0.3 is 13.2 Å². The molecule has 196 valence electrons. The third kappa shape index (κ3) is 6.10. The number of hydrogen-bond donors (Lipinski definition) is 2. The number of aromatic amines is 1. The normalized spacial score (nSPS) is 20.0. The van der Waals surface area contributed by atoms with E-state index in [1.807, 2.05) is 52.0 Å². The zero-order valence-corrected chi connectivity index (χ0v) is 22.5. The first-order valence-corrected chi connectivity index (χ1v) is 12.6. The third-order valence-corrected chi connectivity index (χ3v) is 6.80. The molecule has 1 unspecified atom stereocenters. The van der Waals surface area contributed by atoms with Crippen LogP contribution in [0.4, 0.5) is 4.79 Å². The van der Waals surface area contributed by atoms with Crippen LogP contribution in [-0.2, 0) is 18.8 Å². The predicted molar refractivity (Wildman–Crippen MR) is 140 cm³/mol. The number of carbonyl (C=O) groups excluding carboxylic acids is 2. The maximum absolute atomic E-state index is 12.6. The fourth-order valence-corrected chi connectivity index (χ4v) is 4.12. The molecule has 2 N–H and O–H groups in total. The molecule has 0 radical (unpaired) electrons. The van der Waals surface area contributed by atoms with Gasteiger partial charge in [-0.3, -0.25) is 4.79 Å². The fourth-order valence-electron chi connectivity index (χ4n) is 4.12.